The van der Waals surface area contributed by atoms with E-state index in [9.17, 15) is 9.59 Å². The number of rotatable bonds is 8. The first-order chi connectivity index (χ1) is 16.0. The summed E-state index contributed by atoms with van der Waals surface area (Å²) in [7, 11) is 3.16. The number of aromatic nitrogens is 1. The highest BCUT2D eigenvalue weighted by molar-refractivity contribution is 7.13. The number of carbonyl (C=O) groups excluding carboxylic acids is 2. The van der Waals surface area contributed by atoms with Crippen molar-refractivity contribution in [3.8, 4) is 27.8 Å². The van der Waals surface area contributed by atoms with Crippen molar-refractivity contribution in [2.75, 3.05) is 25.7 Å². The minimum Gasteiger partial charge on any atom is -0.493 e. The molecule has 0 aliphatic carbocycles. The number of benzene rings is 2. The molecule has 4 rings (SSSR count). The smallest absolute Gasteiger partial charge is 0.307 e. The Balaban J connectivity index is 1.36. The Hall–Kier alpha value is -3.59. The third-order valence-electron chi connectivity index (χ3n) is 5.18. The summed E-state index contributed by atoms with van der Waals surface area (Å²) in [5.41, 5.74) is 2.09. The van der Waals surface area contributed by atoms with Gasteiger partial charge in [0.2, 0.25) is 0 Å². The van der Waals surface area contributed by atoms with Crippen molar-refractivity contribution in [1.29, 1.82) is 0 Å². The van der Waals surface area contributed by atoms with Crippen molar-refractivity contribution in [3.05, 3.63) is 53.5 Å². The molecule has 0 saturated carbocycles. The minimum absolute atomic E-state index is 0.0473. The zero-order chi connectivity index (χ0) is 23.4. The fraction of sp³-hybridized carbons (Fsp3) is 0.292. The van der Waals surface area contributed by atoms with Crippen molar-refractivity contribution in [2.45, 2.75) is 26.1 Å². The third kappa shape index (κ3) is 4.78. The quantitative estimate of drug-likeness (QED) is 0.461. The van der Waals surface area contributed by atoms with Gasteiger partial charge in [-0.1, -0.05) is 18.2 Å². The predicted molar refractivity (Wildman–Crippen MR) is 124 cm³/mol. The molecule has 0 N–H and O–H groups in total. The fourth-order valence-corrected chi connectivity index (χ4v) is 4.40. The van der Waals surface area contributed by atoms with E-state index >= 15 is 0 Å². The topological polar surface area (TPSA) is 87.2 Å². The number of hydrogen-bond acceptors (Lipinski definition) is 8. The van der Waals surface area contributed by atoms with E-state index in [0.717, 1.165) is 10.6 Å². The van der Waals surface area contributed by atoms with Crippen LogP contribution in [0, 0.1) is 0 Å². The molecule has 2 heterocycles. The van der Waals surface area contributed by atoms with Crippen LogP contribution in [0.3, 0.4) is 0 Å². The molecule has 9 heteroatoms. The lowest BCUT2D eigenvalue weighted by Gasteiger charge is -2.32. The summed E-state index contributed by atoms with van der Waals surface area (Å²) in [6, 6.07) is 12.9. The molecule has 0 unspecified atom stereocenters. The Kier molecular flexibility index (Phi) is 6.79. The van der Waals surface area contributed by atoms with Crippen molar-refractivity contribution >= 4 is 28.9 Å². The molecule has 1 aromatic heterocycles. The maximum atomic E-state index is 12.5. The van der Waals surface area contributed by atoms with Gasteiger partial charge in [0, 0.05) is 11.9 Å². The molecule has 0 radical (unpaired) electrons. The largest absolute Gasteiger partial charge is 0.493 e. The zero-order valence-electron chi connectivity index (χ0n) is 18.6. The van der Waals surface area contributed by atoms with Gasteiger partial charge in [-0.3, -0.25) is 9.59 Å². The highest BCUT2D eigenvalue weighted by atomic mass is 32.1. The van der Waals surface area contributed by atoms with Gasteiger partial charge >= 0.3 is 5.97 Å². The lowest BCUT2D eigenvalue weighted by atomic mass is 10.2. The van der Waals surface area contributed by atoms with Gasteiger partial charge < -0.3 is 23.8 Å². The lowest BCUT2D eigenvalue weighted by molar-refractivity contribution is -0.144. The van der Waals surface area contributed by atoms with Crippen LogP contribution in [-0.4, -0.2) is 43.7 Å². The maximum Gasteiger partial charge on any atom is 0.307 e. The number of ether oxygens (including phenoxy) is 4. The first-order valence-corrected chi connectivity index (χ1v) is 11.3. The Morgan fingerprint density at radius 1 is 1.15 bits per heavy atom. The Morgan fingerprint density at radius 2 is 1.97 bits per heavy atom. The second kappa shape index (κ2) is 9.91. The summed E-state index contributed by atoms with van der Waals surface area (Å²) in [6.07, 6.45) is -0.536. The van der Waals surface area contributed by atoms with Crippen LogP contribution in [0.1, 0.15) is 19.0 Å². The number of para-hydroxylation sites is 3. The summed E-state index contributed by atoms with van der Waals surface area (Å²) in [4.78, 5) is 31.0. The lowest BCUT2D eigenvalue weighted by Crippen LogP contribution is -2.45. The van der Waals surface area contributed by atoms with Gasteiger partial charge in [-0.25, -0.2) is 4.98 Å². The number of carbonyl (C=O) groups is 2. The molecule has 1 aliphatic heterocycles. The highest BCUT2D eigenvalue weighted by Gasteiger charge is 2.31. The van der Waals surface area contributed by atoms with E-state index in [1.807, 2.05) is 35.7 Å². The van der Waals surface area contributed by atoms with Gasteiger partial charge in [-0.05, 0) is 31.2 Å². The van der Waals surface area contributed by atoms with Gasteiger partial charge in [0.25, 0.3) is 5.91 Å². The van der Waals surface area contributed by atoms with Crippen molar-refractivity contribution in [3.63, 3.8) is 0 Å². The number of hydrogen-bond donors (Lipinski definition) is 0. The molecule has 0 bridgehead atoms. The molecule has 1 aliphatic rings. The van der Waals surface area contributed by atoms with Crippen LogP contribution in [0.25, 0.3) is 10.6 Å². The van der Waals surface area contributed by atoms with Crippen LogP contribution < -0.4 is 19.1 Å². The number of methoxy groups -OCH3 is 2. The second-order valence-corrected chi connectivity index (χ2v) is 8.17. The van der Waals surface area contributed by atoms with Crippen LogP contribution in [0.15, 0.2) is 47.8 Å². The number of anilines is 1. The van der Waals surface area contributed by atoms with Crippen molar-refractivity contribution in [2.24, 2.45) is 0 Å². The van der Waals surface area contributed by atoms with Crippen LogP contribution in [0.4, 0.5) is 5.69 Å². The molecule has 0 saturated heterocycles. The average molecular weight is 469 g/mol. The van der Waals surface area contributed by atoms with E-state index in [1.54, 1.807) is 38.2 Å². The third-order valence-corrected chi connectivity index (χ3v) is 6.10. The summed E-state index contributed by atoms with van der Waals surface area (Å²) in [5.74, 6) is 1.25. The first kappa shape index (κ1) is 22.6. The molecule has 0 spiro atoms. The summed E-state index contributed by atoms with van der Waals surface area (Å²) in [5, 5.41) is 2.58. The summed E-state index contributed by atoms with van der Waals surface area (Å²) in [6.45, 7) is 1.96. The van der Waals surface area contributed by atoms with Gasteiger partial charge in [-0.2, -0.15) is 0 Å². The SMILES string of the molecule is COc1cccc(-c2nc(COC(=O)CCN3C(=O)[C@@H](C)Oc4ccccc43)cs2)c1OC. The first-order valence-electron chi connectivity index (χ1n) is 10.4. The van der Waals surface area contributed by atoms with Crippen LogP contribution in [0.5, 0.6) is 17.2 Å². The van der Waals surface area contributed by atoms with Gasteiger partial charge in [0.05, 0.1) is 37.6 Å². The van der Waals surface area contributed by atoms with E-state index in [1.165, 1.54) is 11.3 Å². The van der Waals surface area contributed by atoms with Crippen LogP contribution in [0.2, 0.25) is 0 Å². The zero-order valence-corrected chi connectivity index (χ0v) is 19.4. The Bertz CT molecular complexity index is 1160. The van der Waals surface area contributed by atoms with E-state index in [2.05, 4.69) is 4.98 Å². The number of esters is 1. The standard InChI is InChI=1S/C24H24N2O6S/c1-15-24(28)26(18-8-4-5-9-19(18)32-15)12-11-21(27)31-13-16-14-33-23(25-16)17-7-6-10-20(29-2)22(17)30-3/h4-10,14-15H,11-13H2,1-3H3/t15-/m1/s1. The molecule has 172 valence electrons. The molecule has 33 heavy (non-hydrogen) atoms. The van der Waals surface area contributed by atoms with Crippen molar-refractivity contribution in [1.82, 2.24) is 4.98 Å². The molecule has 1 atom stereocenters. The van der Waals surface area contributed by atoms with Crippen LogP contribution >= 0.6 is 11.3 Å². The molecule has 8 nitrogen and oxygen atoms in total. The number of thiazole rings is 1. The summed E-state index contributed by atoms with van der Waals surface area (Å²) < 4.78 is 21.8. The van der Waals surface area contributed by atoms with E-state index < -0.39 is 12.1 Å². The number of amides is 1. The molecule has 1 amide bonds. The van der Waals surface area contributed by atoms with E-state index in [-0.39, 0.29) is 25.5 Å². The van der Waals surface area contributed by atoms with Gasteiger partial charge in [0.15, 0.2) is 17.6 Å². The monoisotopic (exact) mass is 468 g/mol. The van der Waals surface area contributed by atoms with E-state index in [4.69, 9.17) is 18.9 Å². The Morgan fingerprint density at radius 3 is 2.76 bits per heavy atom. The Labute approximate surface area is 195 Å². The molecular weight excluding hydrogens is 444 g/mol. The molecular formula is C24H24N2O6S. The van der Waals surface area contributed by atoms with E-state index in [0.29, 0.717) is 28.6 Å². The second-order valence-electron chi connectivity index (χ2n) is 7.31. The van der Waals surface area contributed by atoms with Crippen molar-refractivity contribution < 1.29 is 28.5 Å². The predicted octanol–water partition coefficient (Wildman–Crippen LogP) is 4.07. The number of nitrogens with zero attached hydrogens (tertiary/aromatic N) is 2. The fourth-order valence-electron chi connectivity index (χ4n) is 3.57. The molecule has 3 aromatic rings. The van der Waals surface area contributed by atoms with Crippen LogP contribution in [-0.2, 0) is 20.9 Å². The minimum atomic E-state index is -0.599. The molecule has 0 fully saturated rings. The average Bonchev–Trinajstić information content (AvgIpc) is 3.31. The van der Waals surface area contributed by atoms with Gasteiger partial charge in [0.1, 0.15) is 17.4 Å². The van der Waals surface area contributed by atoms with Gasteiger partial charge in [-0.15, -0.1) is 11.3 Å². The maximum absolute atomic E-state index is 12.5. The normalized spacial score (nSPS) is 14.9. The highest BCUT2D eigenvalue weighted by Crippen LogP contribution is 2.39. The molecule has 2 aromatic carbocycles. The summed E-state index contributed by atoms with van der Waals surface area (Å²) >= 11 is 1.43. The number of fused-ring (bicyclic) bond motifs is 1.